The van der Waals surface area contributed by atoms with Crippen LogP contribution in [-0.2, 0) is 11.2 Å². The lowest BCUT2D eigenvalue weighted by molar-refractivity contribution is -0.121. The summed E-state index contributed by atoms with van der Waals surface area (Å²) in [7, 11) is 0. The van der Waals surface area contributed by atoms with E-state index in [0.29, 0.717) is 13.0 Å². The molecule has 0 heterocycles. The molecule has 1 unspecified atom stereocenters. The third kappa shape index (κ3) is 4.64. The van der Waals surface area contributed by atoms with Crippen molar-refractivity contribution in [2.45, 2.75) is 25.8 Å². The molecule has 3 nitrogen and oxygen atoms in total. The van der Waals surface area contributed by atoms with Gasteiger partial charge in [-0.3, -0.25) is 4.79 Å². The van der Waals surface area contributed by atoms with Crippen molar-refractivity contribution >= 4 is 17.5 Å². The van der Waals surface area contributed by atoms with Crippen molar-refractivity contribution in [3.05, 3.63) is 34.9 Å². The zero-order valence-corrected chi connectivity index (χ0v) is 10.1. The Morgan fingerprint density at radius 3 is 2.81 bits per heavy atom. The molecule has 0 saturated carbocycles. The summed E-state index contributed by atoms with van der Waals surface area (Å²) in [5.41, 5.74) is 6.56. The van der Waals surface area contributed by atoms with E-state index in [2.05, 4.69) is 5.32 Å². The minimum absolute atomic E-state index is 0.0120. The molecule has 16 heavy (non-hydrogen) atoms. The summed E-state index contributed by atoms with van der Waals surface area (Å²) in [6.45, 7) is 2.41. The highest BCUT2D eigenvalue weighted by Crippen LogP contribution is 2.14. The number of rotatable bonds is 5. The Morgan fingerprint density at radius 1 is 1.50 bits per heavy atom. The van der Waals surface area contributed by atoms with Crippen LogP contribution < -0.4 is 11.1 Å². The van der Waals surface area contributed by atoms with E-state index >= 15 is 0 Å². The van der Waals surface area contributed by atoms with Crippen LogP contribution in [0.25, 0.3) is 0 Å². The molecule has 4 heteroatoms. The SMILES string of the molecule is CC(N)CC(=O)NCCc1ccccc1Cl. The fourth-order valence-electron chi connectivity index (χ4n) is 1.40. The van der Waals surface area contributed by atoms with Crippen LogP contribution in [-0.4, -0.2) is 18.5 Å². The molecule has 3 N–H and O–H groups in total. The van der Waals surface area contributed by atoms with Crippen molar-refractivity contribution in [3.8, 4) is 0 Å². The molecule has 88 valence electrons. The van der Waals surface area contributed by atoms with Crippen LogP contribution in [0.3, 0.4) is 0 Å². The molecular weight excluding hydrogens is 224 g/mol. The number of hydrogen-bond donors (Lipinski definition) is 2. The number of hydrogen-bond acceptors (Lipinski definition) is 2. The van der Waals surface area contributed by atoms with E-state index in [4.69, 9.17) is 17.3 Å². The second kappa shape index (κ2) is 6.51. The third-order valence-corrected chi connectivity index (χ3v) is 2.55. The van der Waals surface area contributed by atoms with Gasteiger partial charge >= 0.3 is 0 Å². The number of carbonyl (C=O) groups excluding carboxylic acids is 1. The molecule has 0 fully saturated rings. The van der Waals surface area contributed by atoms with Crippen LogP contribution in [0.4, 0.5) is 0 Å². The van der Waals surface area contributed by atoms with Gasteiger partial charge in [0.2, 0.25) is 5.91 Å². The third-order valence-electron chi connectivity index (χ3n) is 2.18. The maximum Gasteiger partial charge on any atom is 0.221 e. The van der Waals surface area contributed by atoms with Gasteiger partial charge in [-0.05, 0) is 25.0 Å². The molecule has 0 aliphatic rings. The van der Waals surface area contributed by atoms with Gasteiger partial charge in [-0.1, -0.05) is 29.8 Å². The summed E-state index contributed by atoms with van der Waals surface area (Å²) < 4.78 is 0. The number of carbonyl (C=O) groups is 1. The van der Waals surface area contributed by atoms with E-state index in [1.165, 1.54) is 0 Å². The molecule has 1 aromatic carbocycles. The normalized spacial score (nSPS) is 12.2. The van der Waals surface area contributed by atoms with Gasteiger partial charge in [0, 0.05) is 24.0 Å². The second-order valence-electron chi connectivity index (χ2n) is 3.87. The number of nitrogens with two attached hydrogens (primary N) is 1. The first-order valence-electron chi connectivity index (χ1n) is 5.35. The van der Waals surface area contributed by atoms with E-state index in [1.807, 2.05) is 31.2 Å². The summed E-state index contributed by atoms with van der Waals surface area (Å²) in [5.74, 6) is -0.0120. The van der Waals surface area contributed by atoms with Gasteiger partial charge in [-0.15, -0.1) is 0 Å². The standard InChI is InChI=1S/C12H17ClN2O/c1-9(14)8-12(16)15-7-6-10-4-2-3-5-11(10)13/h2-5,9H,6-8,14H2,1H3,(H,15,16). The highest BCUT2D eigenvalue weighted by molar-refractivity contribution is 6.31. The average Bonchev–Trinajstić information content (AvgIpc) is 2.19. The molecule has 1 rings (SSSR count). The maximum absolute atomic E-state index is 11.3. The Morgan fingerprint density at radius 2 is 2.19 bits per heavy atom. The van der Waals surface area contributed by atoms with Gasteiger partial charge in [0.15, 0.2) is 0 Å². The van der Waals surface area contributed by atoms with E-state index in [-0.39, 0.29) is 11.9 Å². The number of nitrogens with one attached hydrogen (secondary N) is 1. The molecule has 0 aliphatic heterocycles. The fourth-order valence-corrected chi connectivity index (χ4v) is 1.63. The zero-order chi connectivity index (χ0) is 12.0. The fraction of sp³-hybridized carbons (Fsp3) is 0.417. The van der Waals surface area contributed by atoms with E-state index in [0.717, 1.165) is 17.0 Å². The van der Waals surface area contributed by atoms with Crippen molar-refractivity contribution < 1.29 is 4.79 Å². The molecule has 0 bridgehead atoms. The molecule has 0 saturated heterocycles. The molecule has 1 aromatic rings. The minimum atomic E-state index is -0.0969. The van der Waals surface area contributed by atoms with Gasteiger partial charge in [-0.2, -0.15) is 0 Å². The molecule has 0 aromatic heterocycles. The van der Waals surface area contributed by atoms with Crippen molar-refractivity contribution in [1.29, 1.82) is 0 Å². The Hall–Kier alpha value is -1.06. The van der Waals surface area contributed by atoms with Crippen molar-refractivity contribution in [2.75, 3.05) is 6.54 Å². The van der Waals surface area contributed by atoms with Gasteiger partial charge in [0.25, 0.3) is 0 Å². The lowest BCUT2D eigenvalue weighted by Crippen LogP contribution is -2.31. The van der Waals surface area contributed by atoms with Crippen LogP contribution in [0.15, 0.2) is 24.3 Å². The summed E-state index contributed by atoms with van der Waals surface area (Å²) in [6, 6.07) is 7.53. The highest BCUT2D eigenvalue weighted by Gasteiger charge is 2.04. The lowest BCUT2D eigenvalue weighted by Gasteiger charge is -2.08. The summed E-state index contributed by atoms with van der Waals surface area (Å²) in [5, 5.41) is 3.55. The zero-order valence-electron chi connectivity index (χ0n) is 9.37. The largest absolute Gasteiger partial charge is 0.356 e. The van der Waals surface area contributed by atoms with Gasteiger partial charge in [0.05, 0.1) is 0 Å². The minimum Gasteiger partial charge on any atom is -0.356 e. The molecule has 0 spiro atoms. The first kappa shape index (κ1) is 13.0. The van der Waals surface area contributed by atoms with Crippen LogP contribution in [0.5, 0.6) is 0 Å². The molecule has 1 atom stereocenters. The van der Waals surface area contributed by atoms with Gasteiger partial charge in [-0.25, -0.2) is 0 Å². The topological polar surface area (TPSA) is 55.1 Å². The quantitative estimate of drug-likeness (QED) is 0.824. The lowest BCUT2D eigenvalue weighted by atomic mass is 10.1. The first-order chi connectivity index (χ1) is 7.59. The van der Waals surface area contributed by atoms with Crippen molar-refractivity contribution in [2.24, 2.45) is 5.73 Å². The van der Waals surface area contributed by atoms with Crippen molar-refractivity contribution in [3.63, 3.8) is 0 Å². The van der Waals surface area contributed by atoms with Crippen LogP contribution >= 0.6 is 11.6 Å². The smallest absolute Gasteiger partial charge is 0.221 e. The predicted molar refractivity (Wildman–Crippen MR) is 66.4 cm³/mol. The second-order valence-corrected chi connectivity index (χ2v) is 4.28. The van der Waals surface area contributed by atoms with Gasteiger partial charge in [0.1, 0.15) is 0 Å². The van der Waals surface area contributed by atoms with Crippen molar-refractivity contribution in [1.82, 2.24) is 5.32 Å². The van der Waals surface area contributed by atoms with E-state index in [9.17, 15) is 4.79 Å². The van der Waals surface area contributed by atoms with E-state index < -0.39 is 0 Å². The number of halogens is 1. The molecule has 1 amide bonds. The maximum atomic E-state index is 11.3. The van der Waals surface area contributed by atoms with Crippen LogP contribution in [0.2, 0.25) is 5.02 Å². The Labute approximate surface area is 101 Å². The Bertz CT molecular complexity index is 353. The first-order valence-corrected chi connectivity index (χ1v) is 5.73. The summed E-state index contributed by atoms with van der Waals surface area (Å²) in [4.78, 5) is 11.3. The Kier molecular flexibility index (Phi) is 5.29. The van der Waals surface area contributed by atoms with E-state index in [1.54, 1.807) is 0 Å². The van der Waals surface area contributed by atoms with Crippen LogP contribution in [0.1, 0.15) is 18.9 Å². The molecule has 0 aliphatic carbocycles. The van der Waals surface area contributed by atoms with Gasteiger partial charge < -0.3 is 11.1 Å². The average molecular weight is 241 g/mol. The Balaban J connectivity index is 2.31. The van der Waals surface area contributed by atoms with Crippen LogP contribution in [0, 0.1) is 0 Å². The molecular formula is C12H17ClN2O. The molecule has 0 radical (unpaired) electrons. The number of amides is 1. The number of benzene rings is 1. The highest BCUT2D eigenvalue weighted by atomic mass is 35.5. The summed E-state index contributed by atoms with van der Waals surface area (Å²) >= 11 is 5.99. The monoisotopic (exact) mass is 240 g/mol. The summed E-state index contributed by atoms with van der Waals surface area (Å²) in [6.07, 6.45) is 1.10. The predicted octanol–water partition coefficient (Wildman–Crippen LogP) is 1.74.